The number of nitrogens with zero attached hydrogens (tertiary/aromatic N) is 8. The molecule has 5 rings (SSSR count). The predicted molar refractivity (Wildman–Crippen MR) is 139 cm³/mol. The minimum atomic E-state index is -0.783. The van der Waals surface area contributed by atoms with Crippen LogP contribution in [-0.2, 0) is 11.3 Å². The molecule has 0 aliphatic carbocycles. The maximum Gasteiger partial charge on any atom is 0.320 e. The Balaban J connectivity index is 1.35. The highest BCUT2D eigenvalue weighted by atomic mass is 16.4. The molecule has 11 nitrogen and oxygen atoms in total. The van der Waals surface area contributed by atoms with Gasteiger partial charge >= 0.3 is 5.97 Å². The maximum absolute atomic E-state index is 11.8. The van der Waals surface area contributed by atoms with Crippen molar-refractivity contribution in [3.8, 4) is 28.7 Å². The average molecular weight is 510 g/mol. The summed E-state index contributed by atoms with van der Waals surface area (Å²) in [5.41, 5.74) is 10.5. The summed E-state index contributed by atoms with van der Waals surface area (Å²) in [5, 5.41) is 27.4. The summed E-state index contributed by atoms with van der Waals surface area (Å²) in [4.78, 5) is 27.2. The van der Waals surface area contributed by atoms with Crippen molar-refractivity contribution in [1.82, 2.24) is 34.8 Å². The first-order chi connectivity index (χ1) is 18.4. The Morgan fingerprint density at radius 3 is 2.76 bits per heavy atom. The van der Waals surface area contributed by atoms with Crippen molar-refractivity contribution in [2.75, 3.05) is 12.3 Å². The standard InChI is InChI=1S/C27H27N9O2/c1-17(36-11-3-2-10-25(36)26(37)38)21-9-5-8-20(30-21)15-35-16-24(33-34-35)23-13-22(31-27(29)32-23)19-7-4-6-18(12-19)14-28/h4-9,12-13,16-17,25H,2-3,10-11,15H2,1H3,(H,37,38)(H2,29,31,32)/t17-,25+/m0/s1. The van der Waals surface area contributed by atoms with Crippen LogP contribution in [0.2, 0.25) is 0 Å². The summed E-state index contributed by atoms with van der Waals surface area (Å²) in [6, 6.07) is 16.2. The molecule has 2 atom stereocenters. The number of likely N-dealkylation sites (tertiary alicyclic amines) is 1. The van der Waals surface area contributed by atoms with E-state index in [1.807, 2.05) is 36.1 Å². The van der Waals surface area contributed by atoms with Gasteiger partial charge in [0, 0.05) is 5.56 Å². The number of piperidine rings is 1. The number of aliphatic carboxylic acids is 1. The number of anilines is 1. The van der Waals surface area contributed by atoms with E-state index in [1.165, 1.54) is 0 Å². The maximum atomic E-state index is 11.8. The van der Waals surface area contributed by atoms with Crippen LogP contribution in [-0.4, -0.2) is 58.5 Å². The Hall–Kier alpha value is -4.69. The highest BCUT2D eigenvalue weighted by molar-refractivity contribution is 5.73. The molecule has 0 spiro atoms. The van der Waals surface area contributed by atoms with E-state index in [9.17, 15) is 15.2 Å². The molecule has 0 bridgehead atoms. The van der Waals surface area contributed by atoms with E-state index >= 15 is 0 Å². The van der Waals surface area contributed by atoms with Crippen molar-refractivity contribution in [2.24, 2.45) is 0 Å². The van der Waals surface area contributed by atoms with Crippen LogP contribution >= 0.6 is 0 Å². The van der Waals surface area contributed by atoms with Crippen molar-refractivity contribution in [3.63, 3.8) is 0 Å². The van der Waals surface area contributed by atoms with Crippen LogP contribution in [0.5, 0.6) is 0 Å². The number of nitrogen functional groups attached to an aromatic ring is 1. The monoisotopic (exact) mass is 509 g/mol. The lowest BCUT2D eigenvalue weighted by molar-refractivity contribution is -0.145. The molecule has 192 valence electrons. The van der Waals surface area contributed by atoms with Gasteiger partial charge in [0.05, 0.1) is 53.2 Å². The number of benzene rings is 1. The van der Waals surface area contributed by atoms with Crippen LogP contribution in [0.3, 0.4) is 0 Å². The summed E-state index contributed by atoms with van der Waals surface area (Å²) >= 11 is 0. The van der Waals surface area contributed by atoms with E-state index in [4.69, 9.17) is 10.7 Å². The van der Waals surface area contributed by atoms with Gasteiger partial charge in [-0.2, -0.15) is 5.26 Å². The molecule has 0 amide bonds. The number of hydrogen-bond acceptors (Lipinski definition) is 9. The van der Waals surface area contributed by atoms with Gasteiger partial charge in [0.25, 0.3) is 0 Å². The van der Waals surface area contributed by atoms with E-state index in [2.05, 4.69) is 26.3 Å². The fraction of sp³-hybridized carbons (Fsp3) is 0.296. The van der Waals surface area contributed by atoms with E-state index < -0.39 is 12.0 Å². The molecule has 38 heavy (non-hydrogen) atoms. The number of carboxylic acid groups (broad SMARTS) is 1. The molecule has 4 heterocycles. The fourth-order valence-corrected chi connectivity index (χ4v) is 4.82. The molecule has 1 aromatic carbocycles. The second kappa shape index (κ2) is 10.7. The summed E-state index contributed by atoms with van der Waals surface area (Å²) in [6.07, 6.45) is 4.32. The lowest BCUT2D eigenvalue weighted by Gasteiger charge is -2.37. The number of nitriles is 1. The summed E-state index contributed by atoms with van der Waals surface area (Å²) in [6.45, 7) is 3.12. The second-order valence-corrected chi connectivity index (χ2v) is 9.31. The third kappa shape index (κ3) is 5.35. The van der Waals surface area contributed by atoms with Crippen LogP contribution in [0.1, 0.15) is 49.2 Å². The molecule has 3 N–H and O–H groups in total. The van der Waals surface area contributed by atoms with Gasteiger partial charge < -0.3 is 10.8 Å². The third-order valence-corrected chi connectivity index (χ3v) is 6.74. The topological polar surface area (TPSA) is 160 Å². The zero-order valence-corrected chi connectivity index (χ0v) is 20.9. The van der Waals surface area contributed by atoms with Crippen LogP contribution in [0.25, 0.3) is 22.6 Å². The van der Waals surface area contributed by atoms with Gasteiger partial charge in [-0.15, -0.1) is 5.10 Å². The van der Waals surface area contributed by atoms with Gasteiger partial charge in [0.1, 0.15) is 11.7 Å². The molecule has 4 aromatic rings. The smallest absolute Gasteiger partial charge is 0.320 e. The van der Waals surface area contributed by atoms with E-state index in [0.29, 0.717) is 35.6 Å². The van der Waals surface area contributed by atoms with Gasteiger partial charge in [-0.05, 0) is 56.6 Å². The Labute approximate surface area is 219 Å². The van der Waals surface area contributed by atoms with E-state index in [1.54, 1.807) is 35.1 Å². The fourth-order valence-electron chi connectivity index (χ4n) is 4.82. The molecule has 1 fully saturated rings. The molecule has 0 saturated carbocycles. The van der Waals surface area contributed by atoms with E-state index in [0.717, 1.165) is 36.3 Å². The largest absolute Gasteiger partial charge is 0.480 e. The van der Waals surface area contributed by atoms with Crippen molar-refractivity contribution < 1.29 is 9.90 Å². The molecule has 1 aliphatic rings. The first kappa shape index (κ1) is 25.0. The van der Waals surface area contributed by atoms with Crippen LogP contribution in [0.4, 0.5) is 5.95 Å². The Morgan fingerprint density at radius 1 is 1.13 bits per heavy atom. The SMILES string of the molecule is C[C@@H](c1cccc(Cn2cc(-c3cc(-c4cccc(C#N)c4)nc(N)n3)nn2)n1)N1CCCC[C@@H]1C(=O)O. The lowest BCUT2D eigenvalue weighted by Crippen LogP contribution is -2.46. The van der Waals surface area contributed by atoms with Crippen molar-refractivity contribution in [3.05, 3.63) is 71.7 Å². The van der Waals surface area contributed by atoms with Gasteiger partial charge in [0.2, 0.25) is 5.95 Å². The van der Waals surface area contributed by atoms with Crippen molar-refractivity contribution in [1.29, 1.82) is 5.26 Å². The van der Waals surface area contributed by atoms with Gasteiger partial charge in [-0.3, -0.25) is 14.7 Å². The molecular weight excluding hydrogens is 482 g/mol. The highest BCUT2D eigenvalue weighted by Crippen LogP contribution is 2.28. The van der Waals surface area contributed by atoms with Crippen LogP contribution < -0.4 is 5.73 Å². The van der Waals surface area contributed by atoms with Gasteiger partial charge in [0.15, 0.2) is 0 Å². The van der Waals surface area contributed by atoms with Crippen LogP contribution in [0, 0.1) is 11.3 Å². The Bertz CT molecular complexity index is 1510. The number of rotatable bonds is 7. The molecule has 1 aliphatic heterocycles. The molecule has 3 aromatic heterocycles. The first-order valence-corrected chi connectivity index (χ1v) is 12.4. The lowest BCUT2D eigenvalue weighted by atomic mass is 9.99. The zero-order chi connectivity index (χ0) is 26.6. The summed E-state index contributed by atoms with van der Waals surface area (Å²) in [7, 11) is 0. The minimum absolute atomic E-state index is 0.0927. The number of hydrogen-bond donors (Lipinski definition) is 2. The quantitative estimate of drug-likeness (QED) is 0.378. The van der Waals surface area contributed by atoms with Gasteiger partial charge in [-0.25, -0.2) is 14.6 Å². The number of pyridine rings is 1. The Kier molecular flexibility index (Phi) is 7.06. The molecule has 0 radical (unpaired) electrons. The predicted octanol–water partition coefficient (Wildman–Crippen LogP) is 3.30. The second-order valence-electron chi connectivity index (χ2n) is 9.31. The van der Waals surface area contributed by atoms with E-state index in [-0.39, 0.29) is 12.0 Å². The van der Waals surface area contributed by atoms with Crippen molar-refractivity contribution >= 4 is 11.9 Å². The number of nitrogens with two attached hydrogens (primary N) is 1. The Morgan fingerprint density at radius 2 is 1.95 bits per heavy atom. The van der Waals surface area contributed by atoms with Crippen molar-refractivity contribution in [2.45, 2.75) is 44.8 Å². The van der Waals surface area contributed by atoms with Crippen LogP contribution in [0.15, 0.2) is 54.7 Å². The zero-order valence-electron chi connectivity index (χ0n) is 20.9. The molecular formula is C27H27N9O2. The minimum Gasteiger partial charge on any atom is -0.480 e. The number of aromatic nitrogens is 6. The van der Waals surface area contributed by atoms with Gasteiger partial charge in [-0.1, -0.05) is 29.8 Å². The number of carbonyl (C=O) groups is 1. The highest BCUT2D eigenvalue weighted by Gasteiger charge is 2.32. The average Bonchev–Trinajstić information content (AvgIpc) is 3.41. The normalized spacial score (nSPS) is 16.6. The molecule has 1 saturated heterocycles. The number of carboxylic acids is 1. The molecule has 0 unspecified atom stereocenters. The third-order valence-electron chi connectivity index (χ3n) is 6.74. The molecule has 11 heteroatoms. The summed E-state index contributed by atoms with van der Waals surface area (Å²) < 4.78 is 1.67. The first-order valence-electron chi connectivity index (χ1n) is 12.4. The summed E-state index contributed by atoms with van der Waals surface area (Å²) in [5.74, 6) is -0.690.